The lowest BCUT2D eigenvalue weighted by molar-refractivity contribution is -0.137. The monoisotopic (exact) mass is 483 g/mol. The number of carbonyl (C=O) groups is 1. The number of nitrogens with zero attached hydrogens (tertiary/aromatic N) is 3. The van der Waals surface area contributed by atoms with Crippen LogP contribution in [0.2, 0.25) is 0 Å². The van der Waals surface area contributed by atoms with Crippen molar-refractivity contribution in [2.45, 2.75) is 25.7 Å². The Labute approximate surface area is 205 Å². The third-order valence-corrected chi connectivity index (χ3v) is 5.93. The lowest BCUT2D eigenvalue weighted by atomic mass is 10.1. The van der Waals surface area contributed by atoms with E-state index in [1.54, 1.807) is 18.2 Å². The van der Waals surface area contributed by atoms with Crippen molar-refractivity contribution < 1.29 is 18.8 Å². The number of aryl methyl sites for hydroxylation is 1. The number of hydrogen-bond acceptors (Lipinski definition) is 5. The zero-order chi connectivity index (χ0) is 25.1. The van der Waals surface area contributed by atoms with E-state index in [0.717, 1.165) is 11.1 Å². The van der Waals surface area contributed by atoms with Gasteiger partial charge in [-0.25, -0.2) is 9.37 Å². The number of benzene rings is 3. The predicted octanol–water partition coefficient (Wildman–Crippen LogP) is 5.64. The Morgan fingerprint density at radius 2 is 1.72 bits per heavy atom. The average molecular weight is 483 g/mol. The van der Waals surface area contributed by atoms with Crippen molar-refractivity contribution in [1.82, 2.24) is 14.7 Å². The van der Waals surface area contributed by atoms with Gasteiger partial charge in [0.15, 0.2) is 5.76 Å². The summed E-state index contributed by atoms with van der Waals surface area (Å²) in [5.41, 5.74) is 2.97. The molecule has 0 saturated carbocycles. The van der Waals surface area contributed by atoms with E-state index in [4.69, 9.17) is 14.6 Å². The Morgan fingerprint density at radius 1 is 0.944 bits per heavy atom. The number of halogens is 1. The summed E-state index contributed by atoms with van der Waals surface area (Å²) < 4.78 is 20.5. The number of unbranched alkanes of at least 4 members (excludes halogenated alkanes) is 1. The molecule has 8 heteroatoms. The molecule has 5 aromatic rings. The standard InChI is InChI=1S/C28H22FN3O4/c29-20-11-13-21(14-12-20)32-26(8-4-5-9-27(33)34)30-24-16-19(10-15-22(24)28(32)35)23-17-25(36-31-23)18-6-2-1-3-7-18/h1-3,6-7,10-17H,4-5,8-9H2,(H,33,34). The Morgan fingerprint density at radius 3 is 2.47 bits per heavy atom. The van der Waals surface area contributed by atoms with Gasteiger partial charge in [0.05, 0.1) is 16.6 Å². The average Bonchev–Trinajstić information content (AvgIpc) is 3.38. The second kappa shape index (κ2) is 9.95. The molecule has 7 nitrogen and oxygen atoms in total. The van der Waals surface area contributed by atoms with Crippen LogP contribution < -0.4 is 5.56 Å². The second-order valence-electron chi connectivity index (χ2n) is 8.42. The summed E-state index contributed by atoms with van der Waals surface area (Å²) in [6.07, 6.45) is 1.42. The van der Waals surface area contributed by atoms with Gasteiger partial charge in [-0.2, -0.15) is 0 Å². The van der Waals surface area contributed by atoms with Crippen molar-refractivity contribution in [2.24, 2.45) is 0 Å². The van der Waals surface area contributed by atoms with E-state index in [-0.39, 0.29) is 12.0 Å². The molecule has 0 saturated heterocycles. The van der Waals surface area contributed by atoms with Crippen LogP contribution >= 0.6 is 0 Å². The summed E-state index contributed by atoms with van der Waals surface area (Å²) in [6, 6.07) is 22.4. The largest absolute Gasteiger partial charge is 0.481 e. The summed E-state index contributed by atoms with van der Waals surface area (Å²) in [7, 11) is 0. The van der Waals surface area contributed by atoms with Crippen LogP contribution in [0, 0.1) is 5.82 Å². The maximum Gasteiger partial charge on any atom is 0.303 e. The number of rotatable bonds is 8. The third-order valence-electron chi connectivity index (χ3n) is 5.93. The van der Waals surface area contributed by atoms with E-state index in [1.165, 1.54) is 28.8 Å². The fraction of sp³-hybridized carbons (Fsp3) is 0.143. The van der Waals surface area contributed by atoms with Gasteiger partial charge in [-0.05, 0) is 49.2 Å². The molecule has 0 unspecified atom stereocenters. The van der Waals surface area contributed by atoms with Crippen LogP contribution in [-0.4, -0.2) is 25.8 Å². The summed E-state index contributed by atoms with van der Waals surface area (Å²) in [4.78, 5) is 29.2. The van der Waals surface area contributed by atoms with Gasteiger partial charge in [0.25, 0.3) is 5.56 Å². The van der Waals surface area contributed by atoms with Crippen molar-refractivity contribution >= 4 is 16.9 Å². The molecule has 0 radical (unpaired) electrons. The number of fused-ring (bicyclic) bond motifs is 1. The predicted molar refractivity (Wildman–Crippen MR) is 133 cm³/mol. The Hall–Kier alpha value is -4.59. The van der Waals surface area contributed by atoms with Crippen LogP contribution in [0.5, 0.6) is 0 Å². The van der Waals surface area contributed by atoms with Crippen molar-refractivity contribution in [3.63, 3.8) is 0 Å². The van der Waals surface area contributed by atoms with Crippen molar-refractivity contribution in [3.8, 4) is 28.3 Å². The number of aromatic nitrogens is 3. The molecule has 0 spiro atoms. The van der Waals surface area contributed by atoms with Gasteiger partial charge >= 0.3 is 5.97 Å². The Kier molecular flexibility index (Phi) is 6.40. The molecule has 1 N–H and O–H groups in total. The number of carboxylic acids is 1. The maximum absolute atomic E-state index is 13.5. The molecule has 0 aliphatic carbocycles. The van der Waals surface area contributed by atoms with Crippen molar-refractivity contribution in [1.29, 1.82) is 0 Å². The maximum atomic E-state index is 13.5. The first-order valence-electron chi connectivity index (χ1n) is 11.6. The first-order chi connectivity index (χ1) is 17.5. The molecular formula is C28H22FN3O4. The van der Waals surface area contributed by atoms with Crippen LogP contribution in [0.4, 0.5) is 4.39 Å². The van der Waals surface area contributed by atoms with Crippen LogP contribution in [0.3, 0.4) is 0 Å². The SMILES string of the molecule is O=C(O)CCCCc1nc2cc(-c3cc(-c4ccccc4)on3)ccc2c(=O)n1-c1ccc(F)cc1. The fourth-order valence-corrected chi connectivity index (χ4v) is 4.12. The lowest BCUT2D eigenvalue weighted by Gasteiger charge is -2.14. The van der Waals surface area contributed by atoms with Gasteiger partial charge in [0.2, 0.25) is 0 Å². The summed E-state index contributed by atoms with van der Waals surface area (Å²) in [6.45, 7) is 0. The van der Waals surface area contributed by atoms with E-state index in [2.05, 4.69) is 5.16 Å². The highest BCUT2D eigenvalue weighted by Gasteiger charge is 2.15. The van der Waals surface area contributed by atoms with Gasteiger partial charge in [-0.3, -0.25) is 14.2 Å². The molecule has 3 aromatic carbocycles. The minimum absolute atomic E-state index is 0.0361. The normalized spacial score (nSPS) is 11.1. The van der Waals surface area contributed by atoms with Gasteiger partial charge < -0.3 is 9.63 Å². The fourth-order valence-electron chi connectivity index (χ4n) is 4.12. The highest BCUT2D eigenvalue weighted by Crippen LogP contribution is 2.27. The minimum atomic E-state index is -0.871. The lowest BCUT2D eigenvalue weighted by Crippen LogP contribution is -2.24. The zero-order valence-electron chi connectivity index (χ0n) is 19.2. The highest BCUT2D eigenvalue weighted by molar-refractivity contribution is 5.83. The first kappa shape index (κ1) is 23.2. The van der Waals surface area contributed by atoms with Crippen LogP contribution in [-0.2, 0) is 11.2 Å². The summed E-state index contributed by atoms with van der Waals surface area (Å²) in [5.74, 6) is -0.170. The first-order valence-corrected chi connectivity index (χ1v) is 11.6. The van der Waals surface area contributed by atoms with Crippen molar-refractivity contribution in [2.75, 3.05) is 0 Å². The Bertz CT molecular complexity index is 1590. The molecule has 2 aromatic heterocycles. The molecule has 0 atom stereocenters. The van der Waals surface area contributed by atoms with Crippen LogP contribution in [0.1, 0.15) is 25.1 Å². The van der Waals surface area contributed by atoms with Gasteiger partial charge in [0.1, 0.15) is 17.3 Å². The minimum Gasteiger partial charge on any atom is -0.481 e. The van der Waals surface area contributed by atoms with E-state index in [0.29, 0.717) is 53.1 Å². The topological polar surface area (TPSA) is 98.2 Å². The second-order valence-corrected chi connectivity index (χ2v) is 8.42. The quantitative estimate of drug-likeness (QED) is 0.287. The van der Waals surface area contributed by atoms with E-state index in [1.807, 2.05) is 36.4 Å². The van der Waals surface area contributed by atoms with E-state index < -0.39 is 11.8 Å². The number of aliphatic carboxylic acids is 1. The molecule has 0 aliphatic rings. The van der Waals surface area contributed by atoms with Gasteiger partial charge in [-0.15, -0.1) is 0 Å². The van der Waals surface area contributed by atoms with E-state index in [9.17, 15) is 14.0 Å². The highest BCUT2D eigenvalue weighted by atomic mass is 19.1. The summed E-state index contributed by atoms with van der Waals surface area (Å²) in [5, 5.41) is 13.5. The molecule has 0 fully saturated rings. The molecule has 0 amide bonds. The van der Waals surface area contributed by atoms with Crippen LogP contribution in [0.15, 0.2) is 88.2 Å². The molecule has 0 bridgehead atoms. The molecule has 0 aliphatic heterocycles. The number of hydrogen-bond donors (Lipinski definition) is 1. The van der Waals surface area contributed by atoms with E-state index >= 15 is 0 Å². The van der Waals surface area contributed by atoms with Gasteiger partial charge in [-0.1, -0.05) is 41.6 Å². The smallest absolute Gasteiger partial charge is 0.303 e. The van der Waals surface area contributed by atoms with Crippen molar-refractivity contribution in [3.05, 3.63) is 101 Å². The zero-order valence-corrected chi connectivity index (χ0v) is 19.2. The molecule has 36 heavy (non-hydrogen) atoms. The number of carboxylic acid groups (broad SMARTS) is 1. The summed E-state index contributed by atoms with van der Waals surface area (Å²) >= 11 is 0. The van der Waals surface area contributed by atoms with Gasteiger partial charge in [0, 0.05) is 30.0 Å². The molecule has 5 rings (SSSR count). The molecular weight excluding hydrogens is 461 g/mol. The third kappa shape index (κ3) is 4.79. The van der Waals surface area contributed by atoms with Crippen LogP contribution in [0.25, 0.3) is 39.2 Å². The molecule has 180 valence electrons. The Balaban J connectivity index is 1.56. The molecule has 2 heterocycles.